The van der Waals surface area contributed by atoms with Crippen LogP contribution in [0.25, 0.3) is 72.4 Å². The molecule has 0 spiro atoms. The monoisotopic (exact) mass is 562 g/mol. The van der Waals surface area contributed by atoms with Crippen molar-refractivity contribution < 1.29 is 0 Å². The van der Waals surface area contributed by atoms with Gasteiger partial charge in [0.15, 0.2) is 0 Å². The second kappa shape index (κ2) is 10.00. The summed E-state index contributed by atoms with van der Waals surface area (Å²) in [4.78, 5) is 0. The van der Waals surface area contributed by atoms with Crippen LogP contribution in [0, 0.1) is 0 Å². The van der Waals surface area contributed by atoms with Crippen LogP contribution in [0.1, 0.15) is 17.7 Å². The topological polar surface area (TPSA) is 9.86 Å². The summed E-state index contributed by atoms with van der Waals surface area (Å²) in [7, 11) is 0. The first-order chi connectivity index (χ1) is 21.8. The highest BCUT2D eigenvalue weighted by Crippen LogP contribution is 2.43. The van der Waals surface area contributed by atoms with E-state index < -0.39 is 0 Å². The maximum absolute atomic E-state index is 2.48. The van der Waals surface area contributed by atoms with Crippen LogP contribution in [0.5, 0.6) is 0 Å². The van der Waals surface area contributed by atoms with Gasteiger partial charge >= 0.3 is 0 Å². The van der Waals surface area contributed by atoms with Gasteiger partial charge < -0.3 is 9.13 Å². The van der Waals surface area contributed by atoms with Crippen molar-refractivity contribution in [3.8, 4) is 33.6 Å². The molecule has 2 heterocycles. The van der Waals surface area contributed by atoms with E-state index in [-0.39, 0.29) is 0 Å². The number of aryl methyl sites for hydroxylation is 1. The molecule has 0 bridgehead atoms. The Bertz CT molecular complexity index is 2370. The highest BCUT2D eigenvalue weighted by Gasteiger charge is 2.24. The van der Waals surface area contributed by atoms with E-state index in [2.05, 4.69) is 167 Å². The zero-order valence-corrected chi connectivity index (χ0v) is 24.3. The van der Waals surface area contributed by atoms with Gasteiger partial charge in [-0.2, -0.15) is 0 Å². The molecule has 0 unspecified atom stereocenters. The minimum absolute atomic E-state index is 1.04. The molecule has 0 saturated carbocycles. The minimum atomic E-state index is 1.04. The highest BCUT2D eigenvalue weighted by molar-refractivity contribution is 6.22. The van der Waals surface area contributed by atoms with Gasteiger partial charge in [0, 0.05) is 33.2 Å². The molecule has 208 valence electrons. The smallest absolute Gasteiger partial charge is 0.0548 e. The number of aromatic nitrogens is 2. The number of hydrogen-bond donors (Lipinski definition) is 0. The fraction of sp³-hybridized carbons (Fsp3) is 0.0476. The summed E-state index contributed by atoms with van der Waals surface area (Å²) in [5.74, 6) is 0. The fourth-order valence-electron chi connectivity index (χ4n) is 7.25. The third kappa shape index (κ3) is 3.81. The molecule has 44 heavy (non-hydrogen) atoms. The van der Waals surface area contributed by atoms with Crippen LogP contribution in [0.4, 0.5) is 0 Å². The van der Waals surface area contributed by atoms with E-state index in [4.69, 9.17) is 0 Å². The summed E-state index contributed by atoms with van der Waals surface area (Å²) in [5, 5.41) is 4.01. The minimum Gasteiger partial charge on any atom is -0.310 e. The van der Waals surface area contributed by atoms with Crippen molar-refractivity contribution in [3.05, 3.63) is 163 Å². The van der Waals surface area contributed by atoms with Crippen molar-refractivity contribution >= 4 is 38.8 Å². The van der Waals surface area contributed by atoms with E-state index in [1.807, 2.05) is 0 Å². The molecule has 0 fully saturated rings. The number of hydrogen-bond acceptors (Lipinski definition) is 0. The predicted octanol–water partition coefficient (Wildman–Crippen LogP) is 11.0. The Hall–Kier alpha value is -5.60. The molecule has 2 nitrogen and oxygen atoms in total. The van der Waals surface area contributed by atoms with Gasteiger partial charge in [0.1, 0.15) is 0 Å². The lowest BCUT2D eigenvalue weighted by molar-refractivity contribution is 0.968. The Morgan fingerprint density at radius 1 is 0.432 bits per heavy atom. The van der Waals surface area contributed by atoms with Gasteiger partial charge in [-0.15, -0.1) is 0 Å². The summed E-state index contributed by atoms with van der Waals surface area (Å²) in [6, 6.07) is 52.8. The van der Waals surface area contributed by atoms with Crippen molar-refractivity contribution in [3.63, 3.8) is 0 Å². The maximum Gasteiger partial charge on any atom is 0.0548 e. The Kier molecular flexibility index (Phi) is 5.67. The van der Waals surface area contributed by atoms with Crippen molar-refractivity contribution in [2.75, 3.05) is 0 Å². The van der Waals surface area contributed by atoms with Gasteiger partial charge in [-0.25, -0.2) is 0 Å². The van der Waals surface area contributed by atoms with Crippen LogP contribution in [0.15, 0.2) is 152 Å². The summed E-state index contributed by atoms with van der Waals surface area (Å²) in [6.45, 7) is 0. The van der Waals surface area contributed by atoms with Crippen LogP contribution < -0.4 is 0 Å². The molecule has 6 aromatic carbocycles. The van der Waals surface area contributed by atoms with Gasteiger partial charge in [0.05, 0.1) is 16.6 Å². The van der Waals surface area contributed by atoms with E-state index in [0.29, 0.717) is 0 Å². The lowest BCUT2D eigenvalue weighted by Crippen LogP contribution is -2.00. The van der Waals surface area contributed by atoms with Crippen molar-refractivity contribution in [2.45, 2.75) is 12.8 Å². The third-order valence-electron chi connectivity index (χ3n) is 9.17. The quantitative estimate of drug-likeness (QED) is 0.202. The molecule has 9 rings (SSSR count). The van der Waals surface area contributed by atoms with Crippen LogP contribution in [0.2, 0.25) is 0 Å². The van der Waals surface area contributed by atoms with Crippen LogP contribution in [0.3, 0.4) is 0 Å². The Morgan fingerprint density at radius 2 is 1.00 bits per heavy atom. The molecular formula is C42H30N2. The van der Waals surface area contributed by atoms with E-state index >= 15 is 0 Å². The molecule has 0 aliphatic heterocycles. The van der Waals surface area contributed by atoms with E-state index in [1.54, 1.807) is 0 Å². The third-order valence-corrected chi connectivity index (χ3v) is 9.17. The standard InChI is InChI=1S/C42H30N2/c1-3-13-29(14-4-1)31-17-11-19-33(27-31)43-37-23-9-7-21-35(37)41-39(43)25-26-40-42(41)36-22-8-10-24-38(36)44(40)34-20-12-18-32(28-34)30-15-5-2-6-16-30/h1-7,9-21,23-28H,8,22H2. The maximum atomic E-state index is 2.48. The summed E-state index contributed by atoms with van der Waals surface area (Å²) >= 11 is 0. The lowest BCUT2D eigenvalue weighted by Gasteiger charge is -2.13. The normalized spacial score (nSPS) is 12.7. The molecule has 0 saturated heterocycles. The molecule has 0 amide bonds. The van der Waals surface area contributed by atoms with Gasteiger partial charge in [0.2, 0.25) is 0 Å². The van der Waals surface area contributed by atoms with E-state index in [0.717, 1.165) is 12.8 Å². The average Bonchev–Trinajstić information content (AvgIpc) is 3.62. The zero-order valence-electron chi connectivity index (χ0n) is 24.3. The Balaban J connectivity index is 1.33. The van der Waals surface area contributed by atoms with Gasteiger partial charge in [0.25, 0.3) is 0 Å². The molecular weight excluding hydrogens is 532 g/mol. The SMILES string of the molecule is C1=Cc2c(c3c4c5ccccc5n(-c5cccc(-c6ccccc6)c5)c4ccc3n2-c2cccc(-c3ccccc3)c2)CC1. The second-order valence-electron chi connectivity index (χ2n) is 11.7. The van der Waals surface area contributed by atoms with Crippen molar-refractivity contribution in [1.29, 1.82) is 0 Å². The second-order valence-corrected chi connectivity index (χ2v) is 11.7. The molecule has 0 N–H and O–H groups in total. The van der Waals surface area contributed by atoms with Crippen LogP contribution in [-0.2, 0) is 6.42 Å². The first-order valence-electron chi connectivity index (χ1n) is 15.4. The zero-order chi connectivity index (χ0) is 29.0. The first kappa shape index (κ1) is 24.9. The number of benzene rings is 6. The number of allylic oxidation sites excluding steroid dienone is 1. The molecule has 0 radical (unpaired) electrons. The van der Waals surface area contributed by atoms with E-state index in [1.165, 1.54) is 77.6 Å². The summed E-state index contributed by atoms with van der Waals surface area (Å²) < 4.78 is 4.93. The molecule has 1 aliphatic carbocycles. The van der Waals surface area contributed by atoms with Gasteiger partial charge in [-0.1, -0.05) is 109 Å². The van der Waals surface area contributed by atoms with E-state index in [9.17, 15) is 0 Å². The van der Waals surface area contributed by atoms with Crippen LogP contribution >= 0.6 is 0 Å². The van der Waals surface area contributed by atoms with Crippen LogP contribution in [-0.4, -0.2) is 9.13 Å². The largest absolute Gasteiger partial charge is 0.310 e. The van der Waals surface area contributed by atoms with Crippen molar-refractivity contribution in [1.82, 2.24) is 9.13 Å². The molecule has 0 atom stereocenters. The number of nitrogens with zero attached hydrogens (tertiary/aromatic N) is 2. The predicted molar refractivity (Wildman–Crippen MR) is 186 cm³/mol. The molecule has 2 heteroatoms. The number of rotatable bonds is 4. The highest BCUT2D eigenvalue weighted by atomic mass is 15.0. The summed E-state index contributed by atoms with van der Waals surface area (Å²) in [5.41, 5.74) is 13.8. The first-order valence-corrected chi connectivity index (χ1v) is 15.4. The lowest BCUT2D eigenvalue weighted by atomic mass is 9.98. The number of fused-ring (bicyclic) bond motifs is 7. The number of para-hydroxylation sites is 1. The van der Waals surface area contributed by atoms with Gasteiger partial charge in [-0.05, 0) is 89.2 Å². The van der Waals surface area contributed by atoms with Gasteiger partial charge in [-0.3, -0.25) is 0 Å². The summed E-state index contributed by atoms with van der Waals surface area (Å²) in [6.07, 6.45) is 6.76. The molecule has 8 aromatic rings. The fourth-order valence-corrected chi connectivity index (χ4v) is 7.25. The Labute approximate surface area is 256 Å². The Morgan fingerprint density at radius 3 is 1.68 bits per heavy atom. The average molecular weight is 563 g/mol. The molecule has 1 aliphatic rings. The molecule has 2 aromatic heterocycles. The van der Waals surface area contributed by atoms with Crippen molar-refractivity contribution in [2.24, 2.45) is 0 Å².